The highest BCUT2D eigenvalue weighted by Crippen LogP contribution is 2.26. The van der Waals surface area contributed by atoms with E-state index in [4.69, 9.17) is 17.3 Å². The van der Waals surface area contributed by atoms with E-state index in [9.17, 15) is 18.4 Å². The molecule has 0 bridgehead atoms. The topological polar surface area (TPSA) is 146 Å². The first kappa shape index (κ1) is 24.6. The number of amides is 2. The van der Waals surface area contributed by atoms with Gasteiger partial charge < -0.3 is 11.1 Å². The number of nitrogens with two attached hydrogens (primary N) is 1. The third-order valence-electron chi connectivity index (χ3n) is 4.70. The van der Waals surface area contributed by atoms with Crippen LogP contribution in [0.5, 0.6) is 0 Å². The Bertz CT molecular complexity index is 1440. The summed E-state index contributed by atoms with van der Waals surface area (Å²) in [7, 11) is 0. The zero-order valence-corrected chi connectivity index (χ0v) is 20.7. The Balaban J connectivity index is 1.75. The van der Waals surface area contributed by atoms with E-state index in [0.717, 1.165) is 8.37 Å². The Kier molecular flexibility index (Phi) is 7.02. The minimum absolute atomic E-state index is 0.00293. The number of hydrogen-bond donors (Lipinski definition) is 2. The Hall–Kier alpha value is -3.53. The van der Waals surface area contributed by atoms with Gasteiger partial charge in [-0.3, -0.25) is 9.59 Å². The molecule has 0 spiro atoms. The predicted molar refractivity (Wildman–Crippen MR) is 129 cm³/mol. The van der Waals surface area contributed by atoms with Gasteiger partial charge in [-0.15, -0.1) is 10.2 Å². The van der Waals surface area contributed by atoms with Crippen LogP contribution >= 0.6 is 34.2 Å². The van der Waals surface area contributed by atoms with E-state index < -0.39 is 24.1 Å². The third-order valence-corrected chi connectivity index (χ3v) is 5.62. The van der Waals surface area contributed by atoms with Gasteiger partial charge in [-0.2, -0.15) is 9.90 Å². The highest BCUT2D eigenvalue weighted by Gasteiger charge is 2.23. The van der Waals surface area contributed by atoms with Crippen molar-refractivity contribution in [3.63, 3.8) is 0 Å². The smallest absolute Gasteiger partial charge is 0.301 e. The summed E-state index contributed by atoms with van der Waals surface area (Å²) < 4.78 is 27.6. The van der Waals surface area contributed by atoms with Gasteiger partial charge in [0.15, 0.2) is 5.82 Å². The number of carbonyl (C=O) groups is 2. The number of aromatic nitrogens is 7. The van der Waals surface area contributed by atoms with Crippen molar-refractivity contribution >= 4 is 51.7 Å². The molecular formula is C20H15ClF2IN9O2. The number of benzene rings is 1. The molecule has 180 valence electrons. The number of carbonyl (C=O) groups excluding carboxylic acids is 2. The quantitative estimate of drug-likeness (QED) is 0.305. The van der Waals surface area contributed by atoms with E-state index >= 15 is 0 Å². The Morgan fingerprint density at radius 3 is 2.69 bits per heavy atom. The zero-order chi connectivity index (χ0) is 25.3. The zero-order valence-electron chi connectivity index (χ0n) is 17.8. The van der Waals surface area contributed by atoms with Crippen molar-refractivity contribution in [1.82, 2.24) is 35.0 Å². The molecule has 0 atom stereocenters. The fourth-order valence-electron chi connectivity index (χ4n) is 3.20. The molecule has 0 aliphatic rings. The minimum Gasteiger partial charge on any atom is -0.366 e. The summed E-state index contributed by atoms with van der Waals surface area (Å²) in [5.74, 6) is -1.93. The lowest BCUT2D eigenvalue weighted by molar-refractivity contribution is 0.100. The molecule has 35 heavy (non-hydrogen) atoms. The summed E-state index contributed by atoms with van der Waals surface area (Å²) in [5, 5.41) is 17.7. The number of nitrogens with one attached hydrogen (secondary N) is 1. The van der Waals surface area contributed by atoms with Crippen LogP contribution < -0.4 is 11.1 Å². The van der Waals surface area contributed by atoms with Crippen LogP contribution in [0.15, 0.2) is 36.5 Å². The van der Waals surface area contributed by atoms with Gasteiger partial charge in [0.1, 0.15) is 12.2 Å². The minimum atomic E-state index is -2.88. The van der Waals surface area contributed by atoms with E-state index in [0.29, 0.717) is 5.56 Å². The van der Waals surface area contributed by atoms with Gasteiger partial charge in [0.2, 0.25) is 5.82 Å². The first-order valence-electron chi connectivity index (χ1n) is 9.81. The molecule has 3 aromatic heterocycles. The van der Waals surface area contributed by atoms with Crippen molar-refractivity contribution in [2.45, 2.75) is 19.9 Å². The van der Waals surface area contributed by atoms with Crippen LogP contribution in [0.25, 0.3) is 5.82 Å². The molecule has 0 saturated carbocycles. The maximum Gasteiger partial charge on any atom is 0.301 e. The van der Waals surface area contributed by atoms with E-state index in [-0.39, 0.29) is 40.0 Å². The summed E-state index contributed by atoms with van der Waals surface area (Å²) in [4.78, 5) is 30.4. The van der Waals surface area contributed by atoms with Crippen LogP contribution in [0.1, 0.15) is 44.4 Å². The summed E-state index contributed by atoms with van der Waals surface area (Å²) >= 11 is 8.31. The fourth-order valence-corrected chi connectivity index (χ4v) is 4.18. The van der Waals surface area contributed by atoms with Crippen LogP contribution in [-0.4, -0.2) is 46.8 Å². The van der Waals surface area contributed by atoms with Crippen LogP contribution in [0, 0.1) is 10.5 Å². The summed E-state index contributed by atoms with van der Waals surface area (Å²) in [5.41, 5.74) is 6.74. The van der Waals surface area contributed by atoms with Gasteiger partial charge in [0.05, 0.1) is 22.0 Å². The molecule has 4 aromatic rings. The molecule has 2 amide bonds. The molecule has 1 aromatic carbocycles. The second kappa shape index (κ2) is 9.99. The first-order chi connectivity index (χ1) is 16.6. The maximum absolute atomic E-state index is 13.3. The molecule has 0 aliphatic heterocycles. The number of anilines is 1. The third kappa shape index (κ3) is 5.27. The largest absolute Gasteiger partial charge is 0.366 e. The molecular weight excluding hydrogens is 599 g/mol. The number of hydrogen-bond acceptors (Lipinski definition) is 7. The average Bonchev–Trinajstić information content (AvgIpc) is 3.43. The SMILES string of the molecule is Cc1cc(I)cc(C(N)=O)c1NC(=O)c1cc(Cn2nnc(C(F)F)n2)nn1-c1ncccc1Cl. The first-order valence-corrected chi connectivity index (χ1v) is 11.3. The van der Waals surface area contributed by atoms with Gasteiger partial charge >= 0.3 is 6.43 Å². The molecule has 11 nitrogen and oxygen atoms in total. The lowest BCUT2D eigenvalue weighted by Gasteiger charge is -2.14. The molecule has 0 saturated heterocycles. The number of tetrazole rings is 1. The van der Waals surface area contributed by atoms with Crippen LogP contribution in [0.4, 0.5) is 14.5 Å². The van der Waals surface area contributed by atoms with Crippen molar-refractivity contribution in [3.05, 3.63) is 73.5 Å². The number of alkyl halides is 2. The van der Waals surface area contributed by atoms with Crippen LogP contribution in [0.3, 0.4) is 0 Å². The standard InChI is InChI=1S/C20H15ClF2IN9O2/c1-9-5-10(24)6-12(17(25)34)15(9)27-20(35)14-7-11(8-32-30-18(16(22)23)28-31-32)29-33(14)19-13(21)3-2-4-26-19/h2-7,16H,8H2,1H3,(H2,25,34)(H,27,35). The molecule has 0 radical (unpaired) electrons. The lowest BCUT2D eigenvalue weighted by atomic mass is 10.1. The monoisotopic (exact) mass is 613 g/mol. The fraction of sp³-hybridized carbons (Fsp3) is 0.150. The van der Waals surface area contributed by atoms with Gasteiger partial charge in [-0.25, -0.2) is 18.4 Å². The average molecular weight is 614 g/mol. The highest BCUT2D eigenvalue weighted by atomic mass is 127. The van der Waals surface area contributed by atoms with E-state index in [1.165, 1.54) is 16.9 Å². The summed E-state index contributed by atoms with van der Waals surface area (Å²) in [6.45, 7) is 1.56. The molecule has 0 fully saturated rings. The van der Waals surface area contributed by atoms with Crippen molar-refractivity contribution in [1.29, 1.82) is 0 Å². The van der Waals surface area contributed by atoms with Crippen molar-refractivity contribution in [2.75, 3.05) is 5.32 Å². The summed E-state index contributed by atoms with van der Waals surface area (Å²) in [6, 6.07) is 7.90. The second-order valence-corrected chi connectivity index (χ2v) is 8.84. The van der Waals surface area contributed by atoms with Gasteiger partial charge in [-0.1, -0.05) is 11.6 Å². The van der Waals surface area contributed by atoms with E-state index in [2.05, 4.69) is 30.8 Å². The van der Waals surface area contributed by atoms with E-state index in [1.807, 2.05) is 22.6 Å². The number of pyridine rings is 1. The number of rotatable bonds is 7. The molecule has 15 heteroatoms. The molecule has 3 N–H and O–H groups in total. The molecule has 4 rings (SSSR count). The number of aryl methyl sites for hydroxylation is 1. The maximum atomic E-state index is 13.3. The van der Waals surface area contributed by atoms with Gasteiger partial charge in [0, 0.05) is 9.77 Å². The molecule has 0 unspecified atom stereocenters. The van der Waals surface area contributed by atoms with Gasteiger partial charge in [-0.05, 0) is 70.6 Å². The Labute approximate surface area is 214 Å². The summed E-state index contributed by atoms with van der Waals surface area (Å²) in [6.07, 6.45) is -1.42. The van der Waals surface area contributed by atoms with Crippen molar-refractivity contribution < 1.29 is 18.4 Å². The van der Waals surface area contributed by atoms with Crippen LogP contribution in [-0.2, 0) is 6.54 Å². The van der Waals surface area contributed by atoms with E-state index in [1.54, 1.807) is 31.2 Å². The van der Waals surface area contributed by atoms with Crippen molar-refractivity contribution in [3.8, 4) is 5.82 Å². The second-order valence-electron chi connectivity index (χ2n) is 7.18. The number of nitrogens with zero attached hydrogens (tertiary/aromatic N) is 7. The Morgan fingerprint density at radius 1 is 1.26 bits per heavy atom. The number of primary amides is 1. The molecule has 3 heterocycles. The number of halogens is 4. The van der Waals surface area contributed by atoms with Crippen LogP contribution in [0.2, 0.25) is 5.02 Å². The highest BCUT2D eigenvalue weighted by molar-refractivity contribution is 14.1. The van der Waals surface area contributed by atoms with Crippen molar-refractivity contribution in [2.24, 2.45) is 5.73 Å². The normalized spacial score (nSPS) is 11.1. The molecule has 0 aliphatic carbocycles. The lowest BCUT2D eigenvalue weighted by Crippen LogP contribution is -2.22. The Morgan fingerprint density at radius 2 is 2.03 bits per heavy atom. The predicted octanol–water partition coefficient (Wildman–Crippen LogP) is 3.16. The van der Waals surface area contributed by atoms with Gasteiger partial charge in [0.25, 0.3) is 11.8 Å².